The van der Waals surface area contributed by atoms with Crippen molar-refractivity contribution in [3.8, 4) is 11.5 Å². The van der Waals surface area contributed by atoms with Crippen molar-refractivity contribution in [1.82, 2.24) is 0 Å². The predicted molar refractivity (Wildman–Crippen MR) is 74.6 cm³/mol. The van der Waals surface area contributed by atoms with E-state index in [1.165, 1.54) is 5.56 Å². The highest BCUT2D eigenvalue weighted by atomic mass is 16.7. The average Bonchev–Trinajstić information content (AvgIpc) is 2.84. The summed E-state index contributed by atoms with van der Waals surface area (Å²) in [6.45, 7) is 6.32. The van der Waals surface area contributed by atoms with Crippen molar-refractivity contribution in [3.63, 3.8) is 0 Å². The van der Waals surface area contributed by atoms with Crippen molar-refractivity contribution in [3.05, 3.63) is 23.8 Å². The molecule has 0 bridgehead atoms. The van der Waals surface area contributed by atoms with Gasteiger partial charge in [0.2, 0.25) is 6.79 Å². The first-order valence-electron chi connectivity index (χ1n) is 6.96. The van der Waals surface area contributed by atoms with Gasteiger partial charge in [0, 0.05) is 6.42 Å². The maximum absolute atomic E-state index is 11.5. The molecule has 0 unspecified atom stereocenters. The number of fused-ring (bicyclic) bond motifs is 1. The molecular formula is C16H22O3. The van der Waals surface area contributed by atoms with Crippen LogP contribution in [0.2, 0.25) is 0 Å². The molecular weight excluding hydrogens is 240 g/mol. The molecule has 0 radical (unpaired) electrons. The minimum Gasteiger partial charge on any atom is -0.454 e. The van der Waals surface area contributed by atoms with Crippen molar-refractivity contribution in [2.45, 2.75) is 46.5 Å². The van der Waals surface area contributed by atoms with E-state index in [0.29, 0.717) is 13.2 Å². The van der Waals surface area contributed by atoms with Gasteiger partial charge in [-0.3, -0.25) is 0 Å². The molecule has 0 saturated heterocycles. The van der Waals surface area contributed by atoms with Gasteiger partial charge in [-0.05, 0) is 49.3 Å². The largest absolute Gasteiger partial charge is 0.454 e. The number of ether oxygens (including phenoxy) is 2. The first kappa shape index (κ1) is 13.9. The van der Waals surface area contributed by atoms with E-state index in [1.54, 1.807) is 6.92 Å². The molecule has 0 spiro atoms. The lowest BCUT2D eigenvalue weighted by Crippen LogP contribution is -2.25. The van der Waals surface area contributed by atoms with Crippen LogP contribution in [-0.2, 0) is 11.2 Å². The molecule has 1 aromatic rings. The van der Waals surface area contributed by atoms with Crippen molar-refractivity contribution < 1.29 is 14.3 Å². The van der Waals surface area contributed by atoms with Gasteiger partial charge < -0.3 is 14.3 Å². The fourth-order valence-corrected chi connectivity index (χ4v) is 2.82. The van der Waals surface area contributed by atoms with Crippen molar-refractivity contribution >= 4 is 5.78 Å². The Balaban J connectivity index is 2.19. The first-order chi connectivity index (χ1) is 9.08. The van der Waals surface area contributed by atoms with Gasteiger partial charge in [0.15, 0.2) is 11.5 Å². The Labute approximate surface area is 114 Å². The summed E-state index contributed by atoms with van der Waals surface area (Å²) in [5.41, 5.74) is 1.29. The topological polar surface area (TPSA) is 35.5 Å². The molecule has 0 amide bonds. The van der Waals surface area contributed by atoms with Crippen LogP contribution in [0.5, 0.6) is 11.5 Å². The minimum atomic E-state index is 0.0690. The zero-order valence-electron chi connectivity index (χ0n) is 12.0. The summed E-state index contributed by atoms with van der Waals surface area (Å²) < 4.78 is 10.7. The Morgan fingerprint density at radius 1 is 1.21 bits per heavy atom. The summed E-state index contributed by atoms with van der Waals surface area (Å²) >= 11 is 0. The Bertz CT molecular complexity index is 461. The molecule has 0 N–H and O–H groups in total. The minimum absolute atomic E-state index is 0.0690. The Hall–Kier alpha value is -1.51. The van der Waals surface area contributed by atoms with Gasteiger partial charge in [0.1, 0.15) is 5.78 Å². The molecule has 19 heavy (non-hydrogen) atoms. The SMILES string of the molecule is CCC(CC)(CC(C)=O)Cc1ccc2c(c1)OCO2. The highest BCUT2D eigenvalue weighted by molar-refractivity contribution is 5.76. The molecule has 104 valence electrons. The number of carbonyl (C=O) groups excluding carboxylic acids is 1. The number of benzene rings is 1. The van der Waals surface area contributed by atoms with Crippen LogP contribution in [0.1, 0.15) is 45.6 Å². The van der Waals surface area contributed by atoms with Crippen LogP contribution < -0.4 is 9.47 Å². The van der Waals surface area contributed by atoms with Crippen LogP contribution in [-0.4, -0.2) is 12.6 Å². The van der Waals surface area contributed by atoms with Crippen LogP contribution in [0.4, 0.5) is 0 Å². The third-order valence-corrected chi connectivity index (χ3v) is 4.14. The molecule has 3 nitrogen and oxygen atoms in total. The second kappa shape index (κ2) is 5.64. The molecule has 1 aliphatic rings. The molecule has 0 aromatic heterocycles. The Kier molecular flexibility index (Phi) is 4.13. The van der Waals surface area contributed by atoms with E-state index in [-0.39, 0.29) is 11.2 Å². The van der Waals surface area contributed by atoms with Crippen LogP contribution >= 0.6 is 0 Å². The van der Waals surface area contributed by atoms with Crippen LogP contribution in [0.25, 0.3) is 0 Å². The molecule has 1 heterocycles. The Morgan fingerprint density at radius 2 is 1.89 bits per heavy atom. The third-order valence-electron chi connectivity index (χ3n) is 4.14. The average molecular weight is 262 g/mol. The predicted octanol–water partition coefficient (Wildman–Crippen LogP) is 3.74. The third kappa shape index (κ3) is 3.09. The van der Waals surface area contributed by atoms with E-state index < -0.39 is 0 Å². The highest BCUT2D eigenvalue weighted by Gasteiger charge is 2.28. The first-order valence-corrected chi connectivity index (χ1v) is 6.96. The Morgan fingerprint density at radius 3 is 2.53 bits per heavy atom. The lowest BCUT2D eigenvalue weighted by molar-refractivity contribution is -0.119. The molecule has 2 rings (SSSR count). The number of Topliss-reactive ketones (excluding diaryl/α,β-unsaturated/α-hetero) is 1. The number of rotatable bonds is 6. The molecule has 0 saturated carbocycles. The van der Waals surface area contributed by atoms with Gasteiger partial charge >= 0.3 is 0 Å². The van der Waals surface area contributed by atoms with E-state index in [1.807, 2.05) is 12.1 Å². The zero-order valence-corrected chi connectivity index (χ0v) is 12.0. The lowest BCUT2D eigenvalue weighted by atomic mass is 9.73. The molecule has 0 aliphatic carbocycles. The van der Waals surface area contributed by atoms with E-state index >= 15 is 0 Å². The second-order valence-corrected chi connectivity index (χ2v) is 5.45. The van der Waals surface area contributed by atoms with Crippen molar-refractivity contribution in [1.29, 1.82) is 0 Å². The van der Waals surface area contributed by atoms with Crippen molar-refractivity contribution in [2.75, 3.05) is 6.79 Å². The summed E-state index contributed by atoms with van der Waals surface area (Å²) in [5.74, 6) is 1.90. The molecule has 0 fully saturated rings. The molecule has 1 aliphatic heterocycles. The van der Waals surface area contributed by atoms with E-state index in [0.717, 1.165) is 30.8 Å². The van der Waals surface area contributed by atoms with Gasteiger partial charge in [0.05, 0.1) is 0 Å². The fourth-order valence-electron chi connectivity index (χ4n) is 2.82. The number of hydrogen-bond acceptors (Lipinski definition) is 3. The van der Waals surface area contributed by atoms with Gasteiger partial charge in [-0.1, -0.05) is 19.9 Å². The summed E-state index contributed by atoms with van der Waals surface area (Å²) in [6, 6.07) is 6.08. The summed E-state index contributed by atoms with van der Waals surface area (Å²) in [4.78, 5) is 11.5. The number of ketones is 1. The molecule has 1 aromatic carbocycles. The van der Waals surface area contributed by atoms with Gasteiger partial charge in [-0.15, -0.1) is 0 Å². The van der Waals surface area contributed by atoms with E-state index in [2.05, 4.69) is 19.9 Å². The van der Waals surface area contributed by atoms with Crippen LogP contribution in [0, 0.1) is 5.41 Å². The van der Waals surface area contributed by atoms with Crippen molar-refractivity contribution in [2.24, 2.45) is 5.41 Å². The maximum Gasteiger partial charge on any atom is 0.231 e. The van der Waals surface area contributed by atoms with Crippen LogP contribution in [0.3, 0.4) is 0 Å². The van der Waals surface area contributed by atoms with Crippen LogP contribution in [0.15, 0.2) is 18.2 Å². The van der Waals surface area contributed by atoms with E-state index in [9.17, 15) is 4.79 Å². The van der Waals surface area contributed by atoms with E-state index in [4.69, 9.17) is 9.47 Å². The normalized spacial score (nSPS) is 13.6. The van der Waals surface area contributed by atoms with Gasteiger partial charge in [-0.25, -0.2) is 0 Å². The number of carbonyl (C=O) groups is 1. The number of hydrogen-bond donors (Lipinski definition) is 0. The summed E-state index contributed by atoms with van der Waals surface area (Å²) in [5, 5.41) is 0. The zero-order chi connectivity index (χ0) is 13.9. The quantitative estimate of drug-likeness (QED) is 0.783. The van der Waals surface area contributed by atoms with Gasteiger partial charge in [-0.2, -0.15) is 0 Å². The molecule has 0 atom stereocenters. The fraction of sp³-hybridized carbons (Fsp3) is 0.562. The highest BCUT2D eigenvalue weighted by Crippen LogP contribution is 2.38. The summed E-state index contributed by atoms with van der Waals surface area (Å²) in [6.07, 6.45) is 3.58. The van der Waals surface area contributed by atoms with Gasteiger partial charge in [0.25, 0.3) is 0 Å². The molecule has 3 heteroatoms. The summed E-state index contributed by atoms with van der Waals surface area (Å²) in [7, 11) is 0. The second-order valence-electron chi connectivity index (χ2n) is 5.45. The standard InChI is InChI=1S/C16H22O3/c1-4-16(5-2,9-12(3)17)10-13-6-7-14-15(8-13)19-11-18-14/h6-8H,4-5,9-11H2,1-3H3. The monoisotopic (exact) mass is 262 g/mol. The smallest absolute Gasteiger partial charge is 0.231 e. The maximum atomic E-state index is 11.5. The lowest BCUT2D eigenvalue weighted by Gasteiger charge is -2.31.